The molecule has 7 heteroatoms. The fourth-order valence-electron chi connectivity index (χ4n) is 2.92. The van der Waals surface area contributed by atoms with Gasteiger partial charge in [0.25, 0.3) is 0 Å². The smallest absolute Gasteiger partial charge is 0.143 e. The Balaban J connectivity index is 0.00000240. The Morgan fingerprint density at radius 3 is 2.52 bits per heavy atom. The van der Waals surface area contributed by atoms with Crippen LogP contribution in [0.25, 0.3) is 21.3 Å². The lowest BCUT2D eigenvalue weighted by Gasteiger charge is -2.10. The van der Waals surface area contributed by atoms with Crippen LogP contribution in [0.5, 0.6) is 5.75 Å². The molecule has 0 fully saturated rings. The summed E-state index contributed by atoms with van der Waals surface area (Å²) in [4.78, 5) is 9.91. The summed E-state index contributed by atoms with van der Waals surface area (Å²) in [6.45, 7) is 2.91. The van der Waals surface area contributed by atoms with Crippen LogP contribution in [0.4, 0.5) is 11.5 Å². The Bertz CT molecular complexity index is 1070. The average molecular weight is 491 g/mol. The zero-order chi connectivity index (χ0) is 19.3. The van der Waals surface area contributed by atoms with Crippen LogP contribution in [0.15, 0.2) is 64.7 Å². The van der Waals surface area contributed by atoms with Crippen molar-refractivity contribution in [3.63, 3.8) is 0 Å². The molecule has 4 rings (SSSR count). The molecule has 0 amide bonds. The van der Waals surface area contributed by atoms with Crippen molar-refractivity contribution in [1.29, 1.82) is 0 Å². The minimum absolute atomic E-state index is 0. The zero-order valence-corrected chi connectivity index (χ0v) is 19.1. The molecule has 0 aliphatic rings. The molecule has 2 aromatic heterocycles. The summed E-state index contributed by atoms with van der Waals surface area (Å²) in [7, 11) is 0. The molecule has 2 heterocycles. The minimum atomic E-state index is 0. The number of anilines is 2. The van der Waals surface area contributed by atoms with Crippen molar-refractivity contribution in [2.24, 2.45) is 0 Å². The maximum atomic E-state index is 5.74. The van der Waals surface area contributed by atoms with E-state index in [0.717, 1.165) is 62.5 Å². The van der Waals surface area contributed by atoms with Crippen molar-refractivity contribution in [1.82, 2.24) is 9.97 Å². The molecule has 0 aliphatic heterocycles. The molecule has 1 N–H and O–H groups in total. The van der Waals surface area contributed by atoms with Gasteiger partial charge in [0.1, 0.15) is 22.7 Å². The van der Waals surface area contributed by atoms with Gasteiger partial charge in [-0.25, -0.2) is 9.97 Å². The van der Waals surface area contributed by atoms with Gasteiger partial charge in [-0.3, -0.25) is 0 Å². The molecule has 0 bridgehead atoms. The first-order valence-corrected chi connectivity index (χ1v) is 10.9. The monoisotopic (exact) mass is 489 g/mol. The average Bonchev–Trinajstić information content (AvgIpc) is 3.15. The second-order valence-corrected chi connectivity index (χ2v) is 8.18. The van der Waals surface area contributed by atoms with Gasteiger partial charge in [-0.2, -0.15) is 0 Å². The Morgan fingerprint density at radius 1 is 1.03 bits per heavy atom. The van der Waals surface area contributed by atoms with E-state index in [9.17, 15) is 0 Å². The highest BCUT2D eigenvalue weighted by molar-refractivity contribution is 9.10. The first-order valence-electron chi connectivity index (χ1n) is 9.22. The molecule has 0 aliphatic carbocycles. The van der Waals surface area contributed by atoms with Gasteiger partial charge < -0.3 is 10.1 Å². The predicted octanol–water partition coefficient (Wildman–Crippen LogP) is 7.47. The minimum Gasteiger partial charge on any atom is -0.494 e. The van der Waals surface area contributed by atoms with Gasteiger partial charge in [-0.05, 0) is 48.4 Å². The van der Waals surface area contributed by atoms with Gasteiger partial charge in [0, 0.05) is 21.1 Å². The Hall–Kier alpha value is -2.15. The summed E-state index contributed by atoms with van der Waals surface area (Å²) in [6, 6.07) is 16.3. The van der Waals surface area contributed by atoms with E-state index in [1.165, 1.54) is 0 Å². The van der Waals surface area contributed by atoms with Crippen LogP contribution in [0.2, 0.25) is 0 Å². The van der Waals surface area contributed by atoms with Crippen molar-refractivity contribution in [3.8, 4) is 16.9 Å². The van der Waals surface area contributed by atoms with E-state index in [-0.39, 0.29) is 12.4 Å². The molecule has 0 saturated heterocycles. The van der Waals surface area contributed by atoms with Crippen LogP contribution >= 0.6 is 39.7 Å². The van der Waals surface area contributed by atoms with E-state index in [1.54, 1.807) is 17.7 Å². The normalized spacial score (nSPS) is 10.6. The number of rotatable bonds is 7. The van der Waals surface area contributed by atoms with Crippen molar-refractivity contribution >= 4 is 61.4 Å². The standard InChI is InChI=1S/C22H20BrN3OS.ClH/c1-2-3-12-27-18-10-8-17(9-11-18)26-21-20-19(13-28-22(20)25-14-24-21)15-4-6-16(23)7-5-15;/h4-11,13-14H,2-3,12H2,1H3,(H,24,25,26);1H. The number of nitrogens with one attached hydrogen (secondary N) is 1. The maximum Gasteiger partial charge on any atom is 0.143 e. The van der Waals surface area contributed by atoms with E-state index in [2.05, 4.69) is 55.7 Å². The lowest BCUT2D eigenvalue weighted by Crippen LogP contribution is -1.98. The lowest BCUT2D eigenvalue weighted by atomic mass is 10.1. The topological polar surface area (TPSA) is 47.0 Å². The van der Waals surface area contributed by atoms with E-state index in [1.807, 2.05) is 36.4 Å². The van der Waals surface area contributed by atoms with Gasteiger partial charge in [0.2, 0.25) is 0 Å². The van der Waals surface area contributed by atoms with Crippen molar-refractivity contribution in [2.45, 2.75) is 19.8 Å². The number of hydrogen-bond acceptors (Lipinski definition) is 5. The van der Waals surface area contributed by atoms with Gasteiger partial charge >= 0.3 is 0 Å². The van der Waals surface area contributed by atoms with Crippen molar-refractivity contribution < 1.29 is 4.74 Å². The summed E-state index contributed by atoms with van der Waals surface area (Å²) in [6.07, 6.45) is 3.80. The van der Waals surface area contributed by atoms with E-state index in [4.69, 9.17) is 4.74 Å². The first kappa shape index (κ1) is 21.6. The predicted molar refractivity (Wildman–Crippen MR) is 128 cm³/mol. The third-order valence-corrected chi connectivity index (χ3v) is 5.82. The van der Waals surface area contributed by atoms with E-state index < -0.39 is 0 Å². The van der Waals surface area contributed by atoms with Gasteiger partial charge in [-0.1, -0.05) is 41.4 Å². The Labute approximate surface area is 188 Å². The van der Waals surface area contributed by atoms with Crippen LogP contribution in [0.1, 0.15) is 19.8 Å². The molecule has 0 spiro atoms. The summed E-state index contributed by atoms with van der Waals surface area (Å²) >= 11 is 5.13. The number of fused-ring (bicyclic) bond motifs is 1. The first-order chi connectivity index (χ1) is 13.7. The number of benzene rings is 2. The molecule has 4 aromatic rings. The van der Waals surface area contributed by atoms with Crippen LogP contribution in [-0.2, 0) is 0 Å². The number of halogens is 2. The summed E-state index contributed by atoms with van der Waals surface area (Å²) in [5.41, 5.74) is 3.25. The second kappa shape index (κ2) is 10.1. The molecular weight excluding hydrogens is 470 g/mol. The SMILES string of the molecule is CCCCOc1ccc(Nc2ncnc3scc(-c4ccc(Br)cc4)c23)cc1.Cl. The quantitative estimate of drug-likeness (QED) is 0.273. The van der Waals surface area contributed by atoms with Crippen LogP contribution < -0.4 is 10.1 Å². The zero-order valence-electron chi connectivity index (χ0n) is 15.9. The van der Waals surface area contributed by atoms with Crippen molar-refractivity contribution in [3.05, 3.63) is 64.7 Å². The molecule has 4 nitrogen and oxygen atoms in total. The highest BCUT2D eigenvalue weighted by Crippen LogP contribution is 2.37. The maximum absolute atomic E-state index is 5.74. The fourth-order valence-corrected chi connectivity index (χ4v) is 4.10. The number of thiophene rings is 1. The summed E-state index contributed by atoms with van der Waals surface area (Å²) in [5.74, 6) is 1.70. The number of unbranched alkanes of at least 4 members (excludes halogenated alkanes) is 1. The molecule has 0 radical (unpaired) electrons. The molecule has 2 aromatic carbocycles. The number of aromatic nitrogens is 2. The van der Waals surface area contributed by atoms with Gasteiger partial charge in [0.05, 0.1) is 12.0 Å². The molecule has 0 unspecified atom stereocenters. The fraction of sp³-hybridized carbons (Fsp3) is 0.182. The summed E-state index contributed by atoms with van der Waals surface area (Å²) in [5, 5.41) is 6.62. The molecular formula is C22H21BrClN3OS. The third kappa shape index (κ3) is 5.07. The van der Waals surface area contributed by atoms with Gasteiger partial charge in [0.15, 0.2) is 0 Å². The highest BCUT2D eigenvalue weighted by atomic mass is 79.9. The van der Waals surface area contributed by atoms with E-state index >= 15 is 0 Å². The second-order valence-electron chi connectivity index (χ2n) is 6.41. The molecule has 150 valence electrons. The van der Waals surface area contributed by atoms with E-state index in [0.29, 0.717) is 0 Å². The number of nitrogens with zero attached hydrogens (tertiary/aromatic N) is 2. The van der Waals surface area contributed by atoms with Crippen molar-refractivity contribution in [2.75, 3.05) is 11.9 Å². The summed E-state index contributed by atoms with van der Waals surface area (Å²) < 4.78 is 6.80. The number of ether oxygens (including phenoxy) is 1. The van der Waals surface area contributed by atoms with Crippen LogP contribution in [-0.4, -0.2) is 16.6 Å². The third-order valence-electron chi connectivity index (χ3n) is 4.41. The lowest BCUT2D eigenvalue weighted by molar-refractivity contribution is 0.309. The molecule has 29 heavy (non-hydrogen) atoms. The van der Waals surface area contributed by atoms with Crippen LogP contribution in [0, 0.1) is 0 Å². The Kier molecular flexibility index (Phi) is 7.47. The van der Waals surface area contributed by atoms with Gasteiger partial charge in [-0.15, -0.1) is 23.7 Å². The van der Waals surface area contributed by atoms with Crippen LogP contribution in [0.3, 0.4) is 0 Å². The largest absolute Gasteiger partial charge is 0.494 e. The molecule has 0 atom stereocenters. The Morgan fingerprint density at radius 2 is 1.79 bits per heavy atom. The number of hydrogen-bond donors (Lipinski definition) is 1. The highest BCUT2D eigenvalue weighted by Gasteiger charge is 2.13. The molecule has 0 saturated carbocycles.